The lowest BCUT2D eigenvalue weighted by Crippen LogP contribution is -2.59. The first-order chi connectivity index (χ1) is 15.4. The van der Waals surface area contributed by atoms with Gasteiger partial charge in [0, 0.05) is 25.5 Å². The molecule has 4 aliphatic rings. The van der Waals surface area contributed by atoms with Crippen LogP contribution in [0.15, 0.2) is 12.1 Å². The molecule has 0 radical (unpaired) electrons. The van der Waals surface area contributed by atoms with E-state index in [4.69, 9.17) is 18.9 Å². The number of rotatable bonds is 5. The molecule has 32 heavy (non-hydrogen) atoms. The Kier molecular flexibility index (Phi) is 5.53. The van der Waals surface area contributed by atoms with Gasteiger partial charge in [0.1, 0.15) is 0 Å². The predicted molar refractivity (Wildman–Crippen MR) is 118 cm³/mol. The summed E-state index contributed by atoms with van der Waals surface area (Å²) in [5.41, 5.74) is 1.08. The first-order valence-corrected chi connectivity index (χ1v) is 11.9. The van der Waals surface area contributed by atoms with Crippen LogP contribution in [0.4, 0.5) is 0 Å². The largest absolute Gasteiger partial charge is 0.493 e. The Morgan fingerprint density at radius 2 is 2.06 bits per heavy atom. The van der Waals surface area contributed by atoms with Gasteiger partial charge in [-0.2, -0.15) is 0 Å². The van der Waals surface area contributed by atoms with Gasteiger partial charge in [0.25, 0.3) is 0 Å². The van der Waals surface area contributed by atoms with Crippen molar-refractivity contribution in [3.63, 3.8) is 0 Å². The molecule has 0 aromatic heterocycles. The number of hydrogen-bond acceptors (Lipinski definition) is 6. The third kappa shape index (κ3) is 3.27. The minimum Gasteiger partial charge on any atom is -0.493 e. The van der Waals surface area contributed by atoms with Gasteiger partial charge in [0.15, 0.2) is 11.5 Å². The van der Waals surface area contributed by atoms with E-state index in [0.717, 1.165) is 37.0 Å². The molecule has 2 N–H and O–H groups in total. The van der Waals surface area contributed by atoms with E-state index < -0.39 is 0 Å². The van der Waals surface area contributed by atoms with E-state index in [0.29, 0.717) is 43.2 Å². The molecule has 1 aromatic carbocycles. The van der Waals surface area contributed by atoms with Crippen LogP contribution in [-0.4, -0.2) is 50.6 Å². The first kappa shape index (κ1) is 21.8. The van der Waals surface area contributed by atoms with E-state index in [-0.39, 0.29) is 41.9 Å². The minimum absolute atomic E-state index is 0.000414. The molecule has 1 spiro atoms. The fourth-order valence-electron chi connectivity index (χ4n) is 7.03. The lowest BCUT2D eigenvalue weighted by Gasteiger charge is -2.53. The molecule has 176 valence electrons. The Labute approximate surface area is 189 Å². The molecule has 2 heterocycles. The number of carbonyl (C=O) groups excluding carboxylic acids is 1. The summed E-state index contributed by atoms with van der Waals surface area (Å²) in [4.78, 5) is 12.5. The molecule has 2 saturated carbocycles. The summed E-state index contributed by atoms with van der Waals surface area (Å²) in [5, 5.41) is 12.6. The molecule has 3 fully saturated rings. The van der Waals surface area contributed by atoms with Gasteiger partial charge in [-0.3, -0.25) is 4.79 Å². The highest BCUT2D eigenvalue weighted by Crippen LogP contribution is 2.70. The monoisotopic (exact) mass is 445 g/mol. The van der Waals surface area contributed by atoms with Gasteiger partial charge in [0.05, 0.1) is 33.0 Å². The Morgan fingerprint density at radius 1 is 1.25 bits per heavy atom. The molecule has 1 saturated heterocycles. The normalized spacial score (nSPS) is 34.5. The Bertz CT molecular complexity index is 885. The summed E-state index contributed by atoms with van der Waals surface area (Å²) in [6.45, 7) is 6.34. The molecule has 5 rings (SSSR count). The van der Waals surface area contributed by atoms with Crippen LogP contribution in [0.25, 0.3) is 0 Å². The van der Waals surface area contributed by atoms with Gasteiger partial charge >= 0.3 is 0 Å². The number of nitrogens with one attached hydrogen (secondary N) is 1. The summed E-state index contributed by atoms with van der Waals surface area (Å²) < 4.78 is 24.0. The molecular formula is C25H35NO6. The third-order valence-corrected chi connectivity index (χ3v) is 8.53. The number of carbonyl (C=O) groups is 1. The van der Waals surface area contributed by atoms with Crippen LogP contribution in [0.5, 0.6) is 17.2 Å². The summed E-state index contributed by atoms with van der Waals surface area (Å²) in [7, 11) is 1.66. The number of aliphatic hydroxyl groups is 1. The van der Waals surface area contributed by atoms with Crippen molar-refractivity contribution in [3.8, 4) is 17.2 Å². The molecule has 2 bridgehead atoms. The molecule has 7 heteroatoms. The number of benzene rings is 1. The maximum absolute atomic E-state index is 12.5. The second-order valence-electron chi connectivity index (χ2n) is 10.4. The van der Waals surface area contributed by atoms with Crippen molar-refractivity contribution in [1.82, 2.24) is 5.32 Å². The molecule has 1 aromatic rings. The van der Waals surface area contributed by atoms with Gasteiger partial charge in [-0.25, -0.2) is 0 Å². The van der Waals surface area contributed by atoms with Crippen molar-refractivity contribution >= 4 is 5.91 Å². The van der Waals surface area contributed by atoms with Crippen LogP contribution in [0.2, 0.25) is 0 Å². The standard InChI is InChI=1S/C25H35NO6/c1-24(2)16-13-17-21(15-11-18(29-3)22-19(12-15)30-8-4-9-31-22)32-10-6-25(17,14-16)23(24)26-20(28)5-7-27/h11-12,16-17,21,23,27H,4-10,13-14H2,1-3H3,(H,26,28)/t16-,17-,21-,23+,25-/m1/s1. The van der Waals surface area contributed by atoms with Crippen molar-refractivity contribution in [2.24, 2.45) is 22.7 Å². The number of fused-ring (bicyclic) bond motifs is 2. The molecule has 0 unspecified atom stereocenters. The quantitative estimate of drug-likeness (QED) is 0.724. The van der Waals surface area contributed by atoms with Crippen molar-refractivity contribution in [1.29, 1.82) is 0 Å². The number of methoxy groups -OCH3 is 1. The van der Waals surface area contributed by atoms with Gasteiger partial charge in [-0.05, 0) is 59.6 Å². The fraction of sp³-hybridized carbons (Fsp3) is 0.720. The van der Waals surface area contributed by atoms with Gasteiger partial charge in [0.2, 0.25) is 11.7 Å². The van der Waals surface area contributed by atoms with E-state index in [1.165, 1.54) is 0 Å². The molecule has 7 nitrogen and oxygen atoms in total. The van der Waals surface area contributed by atoms with Crippen molar-refractivity contribution < 1.29 is 28.8 Å². The van der Waals surface area contributed by atoms with Crippen LogP contribution in [0.1, 0.15) is 57.6 Å². The van der Waals surface area contributed by atoms with Crippen LogP contribution < -0.4 is 19.5 Å². The molecule has 5 atom stereocenters. The van der Waals surface area contributed by atoms with Gasteiger partial charge in [-0.15, -0.1) is 0 Å². The average molecular weight is 446 g/mol. The van der Waals surface area contributed by atoms with Crippen LogP contribution in [-0.2, 0) is 9.53 Å². The lowest BCUT2D eigenvalue weighted by atomic mass is 9.58. The zero-order chi connectivity index (χ0) is 22.5. The first-order valence-electron chi connectivity index (χ1n) is 11.9. The number of ether oxygens (including phenoxy) is 4. The van der Waals surface area contributed by atoms with Gasteiger partial charge in [-0.1, -0.05) is 13.8 Å². The minimum atomic E-state index is -0.123. The van der Waals surface area contributed by atoms with Crippen LogP contribution in [0.3, 0.4) is 0 Å². The van der Waals surface area contributed by atoms with E-state index in [1.54, 1.807) is 7.11 Å². The zero-order valence-corrected chi connectivity index (χ0v) is 19.3. The smallest absolute Gasteiger partial charge is 0.222 e. The predicted octanol–water partition coefficient (Wildman–Crippen LogP) is 3.24. The van der Waals surface area contributed by atoms with E-state index in [2.05, 4.69) is 25.2 Å². The topological polar surface area (TPSA) is 86.3 Å². The number of amides is 1. The SMILES string of the molecule is COc1cc([C@H]2OCC[C@@]34C[C@@H](C[C@H]23)C(C)(C)[C@@H]4NC(=O)CCO)cc2c1OCCCO2. The van der Waals surface area contributed by atoms with Crippen LogP contribution >= 0.6 is 0 Å². The number of aliphatic hydroxyl groups excluding tert-OH is 1. The van der Waals surface area contributed by atoms with Crippen molar-refractivity contribution in [2.75, 3.05) is 33.5 Å². The zero-order valence-electron chi connectivity index (χ0n) is 19.3. The summed E-state index contributed by atoms with van der Waals surface area (Å²) in [6.07, 6.45) is 4.05. The lowest BCUT2D eigenvalue weighted by molar-refractivity contribution is -0.137. The molecule has 2 aliphatic carbocycles. The number of hydrogen-bond donors (Lipinski definition) is 2. The highest BCUT2D eigenvalue weighted by molar-refractivity contribution is 5.76. The Morgan fingerprint density at radius 3 is 2.84 bits per heavy atom. The second-order valence-corrected chi connectivity index (χ2v) is 10.4. The van der Waals surface area contributed by atoms with Crippen molar-refractivity contribution in [3.05, 3.63) is 17.7 Å². The van der Waals surface area contributed by atoms with E-state index in [1.807, 2.05) is 6.07 Å². The van der Waals surface area contributed by atoms with Crippen molar-refractivity contribution in [2.45, 2.75) is 58.1 Å². The maximum atomic E-state index is 12.5. The van der Waals surface area contributed by atoms with E-state index >= 15 is 0 Å². The fourth-order valence-corrected chi connectivity index (χ4v) is 7.03. The Hall–Kier alpha value is -1.99. The van der Waals surface area contributed by atoms with Crippen LogP contribution in [0, 0.1) is 22.7 Å². The third-order valence-electron chi connectivity index (χ3n) is 8.53. The summed E-state index contributed by atoms with van der Waals surface area (Å²) in [5.74, 6) is 2.84. The molecule has 1 amide bonds. The molecular weight excluding hydrogens is 410 g/mol. The highest BCUT2D eigenvalue weighted by atomic mass is 16.5. The summed E-state index contributed by atoms with van der Waals surface area (Å²) in [6, 6.07) is 4.17. The molecule has 2 aliphatic heterocycles. The van der Waals surface area contributed by atoms with Gasteiger partial charge < -0.3 is 29.4 Å². The Balaban J connectivity index is 1.50. The highest BCUT2D eigenvalue weighted by Gasteiger charge is 2.68. The summed E-state index contributed by atoms with van der Waals surface area (Å²) >= 11 is 0. The second kappa shape index (κ2) is 8.10. The maximum Gasteiger partial charge on any atom is 0.222 e. The average Bonchev–Trinajstić information content (AvgIpc) is 3.13. The van der Waals surface area contributed by atoms with E-state index in [9.17, 15) is 9.90 Å².